The number of carbonyl (C=O) groups excluding carboxylic acids is 1. The summed E-state index contributed by atoms with van der Waals surface area (Å²) in [5.74, 6) is 1.86. The average Bonchev–Trinajstić information content (AvgIpc) is 2.66. The number of likely N-dealkylation sites (tertiary alicyclic amines) is 1. The number of amides is 1. The molecule has 0 bridgehead atoms. The van der Waals surface area contributed by atoms with E-state index < -0.39 is 0 Å². The standard InChI is InChI=1S/C15H19NOS/c1-3-9-16-10-13(12(2)15(16)17)11-18-14-7-5-4-6-8-14/h3-8,12-13H,1,9-11H2,2H3/t12-,13-/m0/s1. The first-order valence-electron chi connectivity index (χ1n) is 6.30. The van der Waals surface area contributed by atoms with Gasteiger partial charge in [-0.15, -0.1) is 18.3 Å². The van der Waals surface area contributed by atoms with Crippen molar-refractivity contribution in [3.63, 3.8) is 0 Å². The van der Waals surface area contributed by atoms with Gasteiger partial charge in [0.25, 0.3) is 0 Å². The van der Waals surface area contributed by atoms with Crippen molar-refractivity contribution in [3.8, 4) is 0 Å². The van der Waals surface area contributed by atoms with Gasteiger partial charge in [0.05, 0.1) is 0 Å². The molecule has 2 nitrogen and oxygen atoms in total. The highest BCUT2D eigenvalue weighted by atomic mass is 32.2. The second-order valence-electron chi connectivity index (χ2n) is 4.70. The van der Waals surface area contributed by atoms with Crippen LogP contribution in [0.4, 0.5) is 0 Å². The number of thioether (sulfide) groups is 1. The van der Waals surface area contributed by atoms with Gasteiger partial charge in [-0.3, -0.25) is 4.79 Å². The SMILES string of the molecule is C=CCN1C[C@@H](CSc2ccccc2)[C@H](C)C1=O. The van der Waals surface area contributed by atoms with E-state index in [2.05, 4.69) is 30.8 Å². The zero-order chi connectivity index (χ0) is 13.0. The highest BCUT2D eigenvalue weighted by molar-refractivity contribution is 7.99. The lowest BCUT2D eigenvalue weighted by Gasteiger charge is -2.13. The van der Waals surface area contributed by atoms with Crippen LogP contribution in [-0.2, 0) is 4.79 Å². The summed E-state index contributed by atoms with van der Waals surface area (Å²) in [4.78, 5) is 15.2. The molecule has 0 unspecified atom stereocenters. The van der Waals surface area contributed by atoms with Gasteiger partial charge in [0.1, 0.15) is 0 Å². The van der Waals surface area contributed by atoms with Gasteiger partial charge >= 0.3 is 0 Å². The molecule has 0 aliphatic carbocycles. The largest absolute Gasteiger partial charge is 0.338 e. The molecule has 2 rings (SSSR count). The van der Waals surface area contributed by atoms with Crippen LogP contribution in [0.3, 0.4) is 0 Å². The van der Waals surface area contributed by atoms with E-state index in [1.165, 1.54) is 4.90 Å². The quantitative estimate of drug-likeness (QED) is 0.600. The fourth-order valence-corrected chi connectivity index (χ4v) is 3.41. The molecule has 1 amide bonds. The van der Waals surface area contributed by atoms with Crippen LogP contribution in [0.2, 0.25) is 0 Å². The Balaban J connectivity index is 1.90. The third kappa shape index (κ3) is 2.96. The zero-order valence-corrected chi connectivity index (χ0v) is 11.5. The van der Waals surface area contributed by atoms with Crippen LogP contribution >= 0.6 is 11.8 Å². The zero-order valence-electron chi connectivity index (χ0n) is 10.7. The first-order valence-corrected chi connectivity index (χ1v) is 7.28. The molecule has 1 aliphatic heterocycles. The molecule has 1 aliphatic rings. The number of rotatable bonds is 5. The van der Waals surface area contributed by atoms with Crippen LogP contribution in [0.1, 0.15) is 6.92 Å². The molecule has 2 atom stereocenters. The molecule has 1 aromatic carbocycles. The molecule has 18 heavy (non-hydrogen) atoms. The highest BCUT2D eigenvalue weighted by Crippen LogP contribution is 2.30. The van der Waals surface area contributed by atoms with Crippen LogP contribution in [-0.4, -0.2) is 29.6 Å². The van der Waals surface area contributed by atoms with E-state index in [4.69, 9.17) is 0 Å². The Morgan fingerprint density at radius 3 is 2.83 bits per heavy atom. The molecule has 0 radical (unpaired) electrons. The minimum absolute atomic E-state index is 0.140. The molecule has 0 N–H and O–H groups in total. The van der Waals surface area contributed by atoms with Crippen molar-refractivity contribution in [3.05, 3.63) is 43.0 Å². The molecular weight excluding hydrogens is 242 g/mol. The monoisotopic (exact) mass is 261 g/mol. The summed E-state index contributed by atoms with van der Waals surface area (Å²) < 4.78 is 0. The topological polar surface area (TPSA) is 20.3 Å². The summed E-state index contributed by atoms with van der Waals surface area (Å²) in [7, 11) is 0. The molecule has 1 saturated heterocycles. The minimum Gasteiger partial charge on any atom is -0.338 e. The molecular formula is C15H19NOS. The van der Waals surface area contributed by atoms with Crippen molar-refractivity contribution >= 4 is 17.7 Å². The van der Waals surface area contributed by atoms with Crippen molar-refractivity contribution in [2.24, 2.45) is 11.8 Å². The second kappa shape index (κ2) is 6.10. The Morgan fingerprint density at radius 1 is 1.44 bits per heavy atom. The van der Waals surface area contributed by atoms with Crippen LogP contribution in [0.5, 0.6) is 0 Å². The molecule has 0 aromatic heterocycles. The van der Waals surface area contributed by atoms with Crippen LogP contribution in [0.25, 0.3) is 0 Å². The summed E-state index contributed by atoms with van der Waals surface area (Å²) in [6.07, 6.45) is 1.80. The molecule has 3 heteroatoms. The lowest BCUT2D eigenvalue weighted by atomic mass is 10.0. The van der Waals surface area contributed by atoms with Gasteiger partial charge in [-0.2, -0.15) is 0 Å². The fraction of sp³-hybridized carbons (Fsp3) is 0.400. The Morgan fingerprint density at radius 2 is 2.17 bits per heavy atom. The van der Waals surface area contributed by atoms with Crippen molar-refractivity contribution in [1.82, 2.24) is 4.90 Å². The van der Waals surface area contributed by atoms with Crippen molar-refractivity contribution in [1.29, 1.82) is 0 Å². The summed E-state index contributed by atoms with van der Waals surface area (Å²) in [5, 5.41) is 0. The Hall–Kier alpha value is -1.22. The predicted octanol–water partition coefficient (Wildman–Crippen LogP) is 3.06. The predicted molar refractivity (Wildman–Crippen MR) is 76.6 cm³/mol. The lowest BCUT2D eigenvalue weighted by Crippen LogP contribution is -2.26. The van der Waals surface area contributed by atoms with Crippen molar-refractivity contribution in [2.45, 2.75) is 11.8 Å². The maximum Gasteiger partial charge on any atom is 0.226 e. The van der Waals surface area contributed by atoms with E-state index in [1.807, 2.05) is 29.7 Å². The normalized spacial score (nSPS) is 23.4. The molecule has 0 saturated carbocycles. The Bertz CT molecular complexity index is 418. The molecule has 96 valence electrons. The van der Waals surface area contributed by atoms with E-state index in [1.54, 1.807) is 6.08 Å². The average molecular weight is 261 g/mol. The van der Waals surface area contributed by atoms with Gasteiger partial charge in [-0.1, -0.05) is 31.2 Å². The van der Waals surface area contributed by atoms with Gasteiger partial charge in [0.2, 0.25) is 5.91 Å². The lowest BCUT2D eigenvalue weighted by molar-refractivity contribution is -0.130. The van der Waals surface area contributed by atoms with Gasteiger partial charge in [-0.25, -0.2) is 0 Å². The minimum atomic E-state index is 0.140. The van der Waals surface area contributed by atoms with Gasteiger partial charge in [0.15, 0.2) is 0 Å². The summed E-state index contributed by atoms with van der Waals surface area (Å²) in [6.45, 7) is 7.29. The van der Waals surface area contributed by atoms with Gasteiger partial charge in [0, 0.05) is 29.7 Å². The van der Waals surface area contributed by atoms with E-state index >= 15 is 0 Å². The number of carbonyl (C=O) groups is 1. The first kappa shape index (κ1) is 13.2. The molecule has 1 heterocycles. The number of hydrogen-bond donors (Lipinski definition) is 0. The number of nitrogens with zero attached hydrogens (tertiary/aromatic N) is 1. The highest BCUT2D eigenvalue weighted by Gasteiger charge is 2.36. The fourth-order valence-electron chi connectivity index (χ4n) is 2.26. The summed E-state index contributed by atoms with van der Waals surface area (Å²) in [6, 6.07) is 10.4. The van der Waals surface area contributed by atoms with E-state index in [9.17, 15) is 4.79 Å². The van der Waals surface area contributed by atoms with E-state index in [0.29, 0.717) is 12.5 Å². The van der Waals surface area contributed by atoms with E-state index in [0.717, 1.165) is 12.3 Å². The summed E-state index contributed by atoms with van der Waals surface area (Å²) in [5.41, 5.74) is 0. The van der Waals surface area contributed by atoms with Crippen LogP contribution in [0, 0.1) is 11.8 Å². The van der Waals surface area contributed by atoms with Crippen LogP contribution < -0.4 is 0 Å². The number of benzene rings is 1. The third-order valence-corrected chi connectivity index (χ3v) is 4.62. The Kier molecular flexibility index (Phi) is 4.48. The van der Waals surface area contributed by atoms with Crippen LogP contribution in [0.15, 0.2) is 47.9 Å². The number of hydrogen-bond acceptors (Lipinski definition) is 2. The molecule has 1 fully saturated rings. The van der Waals surface area contributed by atoms with Gasteiger partial charge in [-0.05, 0) is 18.1 Å². The van der Waals surface area contributed by atoms with Crippen molar-refractivity contribution < 1.29 is 4.79 Å². The molecule has 0 spiro atoms. The molecule has 1 aromatic rings. The maximum absolute atomic E-state index is 12.0. The van der Waals surface area contributed by atoms with E-state index in [-0.39, 0.29) is 11.8 Å². The third-order valence-electron chi connectivity index (χ3n) is 3.42. The smallest absolute Gasteiger partial charge is 0.226 e. The maximum atomic E-state index is 12.0. The van der Waals surface area contributed by atoms with Gasteiger partial charge < -0.3 is 4.90 Å². The van der Waals surface area contributed by atoms with Crippen molar-refractivity contribution in [2.75, 3.05) is 18.8 Å². The Labute approximate surface area is 113 Å². The summed E-state index contributed by atoms with van der Waals surface area (Å²) >= 11 is 1.84. The first-order chi connectivity index (χ1) is 8.72. The second-order valence-corrected chi connectivity index (χ2v) is 5.80.